The molecule has 132 valence electrons. The predicted octanol–water partition coefficient (Wildman–Crippen LogP) is 0.972. The third-order valence-corrected chi connectivity index (χ3v) is 4.65. The SMILES string of the molecule is CCO[C@@H]1CN(C)C[C@H]1NC(=O)c1ccccc1N1CCOCC1. The Labute approximate surface area is 143 Å². The second-order valence-corrected chi connectivity index (χ2v) is 6.41. The van der Waals surface area contributed by atoms with Crippen molar-refractivity contribution >= 4 is 11.6 Å². The number of amides is 1. The lowest BCUT2D eigenvalue weighted by Gasteiger charge is -2.30. The maximum Gasteiger partial charge on any atom is 0.253 e. The molecule has 1 N–H and O–H groups in total. The van der Waals surface area contributed by atoms with Crippen LogP contribution in [0.2, 0.25) is 0 Å². The number of likely N-dealkylation sites (N-methyl/N-ethyl adjacent to an activating group) is 1. The fourth-order valence-electron chi connectivity index (χ4n) is 3.48. The quantitative estimate of drug-likeness (QED) is 0.870. The molecular weight excluding hydrogens is 306 g/mol. The fraction of sp³-hybridized carbons (Fsp3) is 0.611. The van der Waals surface area contributed by atoms with Gasteiger partial charge in [0.1, 0.15) is 0 Å². The molecule has 0 radical (unpaired) electrons. The molecule has 2 atom stereocenters. The molecule has 0 aromatic heterocycles. The van der Waals surface area contributed by atoms with E-state index < -0.39 is 0 Å². The second-order valence-electron chi connectivity index (χ2n) is 6.41. The number of ether oxygens (including phenoxy) is 2. The summed E-state index contributed by atoms with van der Waals surface area (Å²) < 4.78 is 11.2. The lowest BCUT2D eigenvalue weighted by atomic mass is 10.1. The molecule has 0 aliphatic carbocycles. The molecule has 2 heterocycles. The summed E-state index contributed by atoms with van der Waals surface area (Å²) in [5.74, 6) is -0.0258. The summed E-state index contributed by atoms with van der Waals surface area (Å²) in [6, 6.07) is 7.84. The van der Waals surface area contributed by atoms with Gasteiger partial charge in [0.25, 0.3) is 5.91 Å². The molecule has 2 saturated heterocycles. The smallest absolute Gasteiger partial charge is 0.253 e. The van der Waals surface area contributed by atoms with Crippen LogP contribution in [0.3, 0.4) is 0 Å². The van der Waals surface area contributed by atoms with Crippen LogP contribution in [0.4, 0.5) is 5.69 Å². The van der Waals surface area contributed by atoms with Crippen molar-refractivity contribution in [1.29, 1.82) is 0 Å². The summed E-state index contributed by atoms with van der Waals surface area (Å²) in [6.45, 7) is 7.36. The van der Waals surface area contributed by atoms with Gasteiger partial charge in [-0.05, 0) is 26.1 Å². The Morgan fingerprint density at radius 1 is 1.29 bits per heavy atom. The van der Waals surface area contributed by atoms with E-state index in [4.69, 9.17) is 9.47 Å². The first-order valence-corrected chi connectivity index (χ1v) is 8.71. The third-order valence-electron chi connectivity index (χ3n) is 4.65. The number of nitrogens with zero attached hydrogens (tertiary/aromatic N) is 2. The van der Waals surface area contributed by atoms with Gasteiger partial charge >= 0.3 is 0 Å². The van der Waals surface area contributed by atoms with Gasteiger partial charge in [0.15, 0.2) is 0 Å². The average molecular weight is 333 g/mol. The summed E-state index contributed by atoms with van der Waals surface area (Å²) in [6.07, 6.45) is 0.0551. The molecule has 0 bridgehead atoms. The van der Waals surface area contributed by atoms with E-state index in [1.807, 2.05) is 31.2 Å². The Morgan fingerprint density at radius 3 is 2.79 bits per heavy atom. The number of nitrogens with one attached hydrogen (secondary N) is 1. The Kier molecular flexibility index (Phi) is 5.71. The molecule has 1 amide bonds. The molecule has 0 saturated carbocycles. The Bertz CT molecular complexity index is 560. The normalized spacial score (nSPS) is 25.0. The molecule has 0 spiro atoms. The number of hydrogen-bond donors (Lipinski definition) is 1. The van der Waals surface area contributed by atoms with Crippen molar-refractivity contribution < 1.29 is 14.3 Å². The zero-order valence-electron chi connectivity index (χ0n) is 14.5. The van der Waals surface area contributed by atoms with E-state index in [-0.39, 0.29) is 18.1 Å². The van der Waals surface area contributed by atoms with E-state index in [2.05, 4.69) is 22.2 Å². The zero-order valence-corrected chi connectivity index (χ0v) is 14.5. The minimum atomic E-state index is -0.0258. The van der Waals surface area contributed by atoms with E-state index in [9.17, 15) is 4.79 Å². The van der Waals surface area contributed by atoms with Gasteiger partial charge in [0.2, 0.25) is 0 Å². The number of morpholine rings is 1. The highest BCUT2D eigenvalue weighted by molar-refractivity contribution is 6.00. The number of anilines is 1. The van der Waals surface area contributed by atoms with Crippen molar-refractivity contribution in [3.05, 3.63) is 29.8 Å². The van der Waals surface area contributed by atoms with Crippen LogP contribution in [-0.2, 0) is 9.47 Å². The minimum Gasteiger partial charge on any atom is -0.378 e. The first-order valence-electron chi connectivity index (χ1n) is 8.71. The predicted molar refractivity (Wildman–Crippen MR) is 93.6 cm³/mol. The third kappa shape index (κ3) is 3.88. The first-order chi connectivity index (χ1) is 11.7. The highest BCUT2D eigenvalue weighted by atomic mass is 16.5. The molecule has 1 aromatic rings. The Morgan fingerprint density at radius 2 is 2.04 bits per heavy atom. The van der Waals surface area contributed by atoms with E-state index in [0.717, 1.165) is 37.4 Å². The van der Waals surface area contributed by atoms with Crippen LogP contribution in [-0.4, -0.2) is 76.0 Å². The van der Waals surface area contributed by atoms with Crippen molar-refractivity contribution in [2.24, 2.45) is 0 Å². The van der Waals surface area contributed by atoms with Crippen LogP contribution >= 0.6 is 0 Å². The molecule has 6 heteroatoms. The summed E-state index contributed by atoms with van der Waals surface area (Å²) >= 11 is 0. The Hall–Kier alpha value is -1.63. The molecule has 2 aliphatic heterocycles. The lowest BCUT2D eigenvalue weighted by molar-refractivity contribution is 0.0513. The van der Waals surface area contributed by atoms with Gasteiger partial charge in [-0.3, -0.25) is 4.79 Å². The van der Waals surface area contributed by atoms with Gasteiger partial charge in [-0.25, -0.2) is 0 Å². The molecular formula is C18H27N3O3. The van der Waals surface area contributed by atoms with Gasteiger partial charge < -0.3 is 24.6 Å². The molecule has 24 heavy (non-hydrogen) atoms. The highest BCUT2D eigenvalue weighted by Gasteiger charge is 2.33. The zero-order chi connectivity index (χ0) is 16.9. The van der Waals surface area contributed by atoms with E-state index in [1.165, 1.54) is 0 Å². The van der Waals surface area contributed by atoms with Crippen LogP contribution < -0.4 is 10.2 Å². The minimum absolute atomic E-state index is 0.0258. The van der Waals surface area contributed by atoms with Crippen LogP contribution in [0.1, 0.15) is 17.3 Å². The molecule has 3 rings (SSSR count). The van der Waals surface area contributed by atoms with Gasteiger partial charge in [-0.15, -0.1) is 0 Å². The monoisotopic (exact) mass is 333 g/mol. The molecule has 0 unspecified atom stereocenters. The summed E-state index contributed by atoms with van der Waals surface area (Å²) in [5.41, 5.74) is 1.71. The van der Waals surface area contributed by atoms with Crippen molar-refractivity contribution in [1.82, 2.24) is 10.2 Å². The molecule has 2 fully saturated rings. The summed E-state index contributed by atoms with van der Waals surface area (Å²) in [5, 5.41) is 3.18. The molecule has 6 nitrogen and oxygen atoms in total. The standard InChI is InChI=1S/C18H27N3O3/c1-3-24-17-13-20(2)12-15(17)19-18(22)14-6-4-5-7-16(14)21-8-10-23-11-9-21/h4-7,15,17H,3,8-13H2,1-2H3,(H,19,22)/t15-,17-/m1/s1. The van der Waals surface area contributed by atoms with Gasteiger partial charge in [-0.2, -0.15) is 0 Å². The maximum atomic E-state index is 12.9. The average Bonchev–Trinajstić information content (AvgIpc) is 2.95. The topological polar surface area (TPSA) is 54.0 Å². The number of hydrogen-bond acceptors (Lipinski definition) is 5. The van der Waals surface area contributed by atoms with Crippen molar-refractivity contribution in [3.8, 4) is 0 Å². The number of carbonyl (C=O) groups excluding carboxylic acids is 1. The second kappa shape index (κ2) is 7.96. The summed E-state index contributed by atoms with van der Waals surface area (Å²) in [4.78, 5) is 17.3. The largest absolute Gasteiger partial charge is 0.378 e. The molecule has 2 aliphatic rings. The van der Waals surface area contributed by atoms with E-state index >= 15 is 0 Å². The number of carbonyl (C=O) groups is 1. The first kappa shape index (κ1) is 17.2. The van der Waals surface area contributed by atoms with Gasteiger partial charge in [0, 0.05) is 38.5 Å². The van der Waals surface area contributed by atoms with Crippen LogP contribution in [0.5, 0.6) is 0 Å². The number of benzene rings is 1. The van der Waals surface area contributed by atoms with Gasteiger partial charge in [0.05, 0.1) is 30.9 Å². The highest BCUT2D eigenvalue weighted by Crippen LogP contribution is 2.22. The van der Waals surface area contributed by atoms with Crippen LogP contribution in [0, 0.1) is 0 Å². The van der Waals surface area contributed by atoms with Gasteiger partial charge in [-0.1, -0.05) is 12.1 Å². The summed E-state index contributed by atoms with van der Waals surface area (Å²) in [7, 11) is 2.06. The lowest BCUT2D eigenvalue weighted by Crippen LogP contribution is -2.45. The van der Waals surface area contributed by atoms with Crippen molar-refractivity contribution in [2.75, 3.05) is 57.9 Å². The maximum absolute atomic E-state index is 12.9. The number of likely N-dealkylation sites (tertiary alicyclic amines) is 1. The Balaban J connectivity index is 1.73. The molecule has 1 aromatic carbocycles. The number of rotatable bonds is 5. The fourth-order valence-corrected chi connectivity index (χ4v) is 3.48. The van der Waals surface area contributed by atoms with Crippen LogP contribution in [0.25, 0.3) is 0 Å². The van der Waals surface area contributed by atoms with Crippen molar-refractivity contribution in [2.45, 2.75) is 19.1 Å². The van der Waals surface area contributed by atoms with E-state index in [1.54, 1.807) is 0 Å². The van der Waals surface area contributed by atoms with Crippen molar-refractivity contribution in [3.63, 3.8) is 0 Å². The van der Waals surface area contributed by atoms with Crippen LogP contribution in [0.15, 0.2) is 24.3 Å². The number of para-hydroxylation sites is 1. The van der Waals surface area contributed by atoms with E-state index in [0.29, 0.717) is 19.8 Å².